The highest BCUT2D eigenvalue weighted by molar-refractivity contribution is 5.32. The molecular formula is C16H26N2O. The van der Waals surface area contributed by atoms with Crippen LogP contribution in [0.1, 0.15) is 24.0 Å². The summed E-state index contributed by atoms with van der Waals surface area (Å²) in [4.78, 5) is 2.45. The van der Waals surface area contributed by atoms with Gasteiger partial charge in [-0.1, -0.05) is 6.07 Å². The lowest BCUT2D eigenvalue weighted by atomic mass is 10.1. The second-order valence-corrected chi connectivity index (χ2v) is 5.65. The Bertz CT molecular complexity index is 379. The van der Waals surface area contributed by atoms with Crippen molar-refractivity contribution in [1.82, 2.24) is 10.2 Å². The molecule has 1 fully saturated rings. The van der Waals surface area contributed by atoms with Gasteiger partial charge >= 0.3 is 0 Å². The fourth-order valence-electron chi connectivity index (χ4n) is 2.72. The normalized spacial score (nSPS) is 19.1. The highest BCUT2D eigenvalue weighted by atomic mass is 16.5. The van der Waals surface area contributed by atoms with E-state index >= 15 is 0 Å². The minimum Gasteiger partial charge on any atom is -0.494 e. The molecule has 0 aliphatic carbocycles. The molecule has 0 amide bonds. The summed E-state index contributed by atoms with van der Waals surface area (Å²) < 4.78 is 5.84. The standard InChI is InChI=1S/C16H26N2O/c1-13-9-14(2)11-16(10-13)19-8-4-7-18(3)15-5-6-17-12-15/h9-11,15,17H,4-8,12H2,1-3H3. The number of hydrogen-bond donors (Lipinski definition) is 1. The molecule has 2 rings (SSSR count). The predicted octanol–water partition coefficient (Wildman–Crippen LogP) is 2.37. The van der Waals surface area contributed by atoms with Gasteiger partial charge in [-0.2, -0.15) is 0 Å². The molecule has 1 N–H and O–H groups in total. The molecular weight excluding hydrogens is 236 g/mol. The fraction of sp³-hybridized carbons (Fsp3) is 0.625. The average Bonchev–Trinajstić information content (AvgIpc) is 2.87. The third kappa shape index (κ3) is 4.51. The van der Waals surface area contributed by atoms with E-state index in [0.29, 0.717) is 6.04 Å². The molecule has 106 valence electrons. The summed E-state index contributed by atoms with van der Waals surface area (Å²) >= 11 is 0. The Hall–Kier alpha value is -1.06. The summed E-state index contributed by atoms with van der Waals surface area (Å²) in [7, 11) is 2.22. The van der Waals surface area contributed by atoms with Gasteiger partial charge in [0.05, 0.1) is 6.61 Å². The summed E-state index contributed by atoms with van der Waals surface area (Å²) in [6, 6.07) is 7.10. The smallest absolute Gasteiger partial charge is 0.119 e. The molecule has 1 aromatic carbocycles. The molecule has 1 heterocycles. The van der Waals surface area contributed by atoms with Crippen molar-refractivity contribution in [3.8, 4) is 5.75 Å². The van der Waals surface area contributed by atoms with Crippen molar-refractivity contribution in [2.45, 2.75) is 32.7 Å². The Kier molecular flexibility index (Phi) is 5.23. The Morgan fingerprint density at radius 1 is 1.26 bits per heavy atom. The SMILES string of the molecule is Cc1cc(C)cc(OCCCN(C)C2CCNC2)c1. The molecule has 0 bridgehead atoms. The van der Waals surface area contributed by atoms with Crippen molar-refractivity contribution in [3.05, 3.63) is 29.3 Å². The van der Waals surface area contributed by atoms with Gasteiger partial charge < -0.3 is 15.0 Å². The Morgan fingerprint density at radius 2 is 2.00 bits per heavy atom. The second-order valence-electron chi connectivity index (χ2n) is 5.65. The van der Waals surface area contributed by atoms with Crippen molar-refractivity contribution < 1.29 is 4.74 Å². The molecule has 1 unspecified atom stereocenters. The van der Waals surface area contributed by atoms with E-state index < -0.39 is 0 Å². The van der Waals surface area contributed by atoms with Crippen LogP contribution < -0.4 is 10.1 Å². The van der Waals surface area contributed by atoms with E-state index in [1.807, 2.05) is 0 Å². The third-order valence-electron chi connectivity index (χ3n) is 3.78. The summed E-state index contributed by atoms with van der Waals surface area (Å²) in [6.07, 6.45) is 2.36. The van der Waals surface area contributed by atoms with Crippen LogP contribution in [0.15, 0.2) is 18.2 Å². The maximum atomic E-state index is 5.84. The van der Waals surface area contributed by atoms with Crippen LogP contribution in [-0.2, 0) is 0 Å². The van der Waals surface area contributed by atoms with Gasteiger partial charge in [-0.05, 0) is 63.5 Å². The van der Waals surface area contributed by atoms with Gasteiger partial charge in [-0.15, -0.1) is 0 Å². The van der Waals surface area contributed by atoms with Crippen molar-refractivity contribution in [2.75, 3.05) is 33.3 Å². The third-order valence-corrected chi connectivity index (χ3v) is 3.78. The monoisotopic (exact) mass is 262 g/mol. The quantitative estimate of drug-likeness (QED) is 0.797. The number of nitrogens with one attached hydrogen (secondary N) is 1. The van der Waals surface area contributed by atoms with Crippen molar-refractivity contribution >= 4 is 0 Å². The molecule has 1 aliphatic heterocycles. The molecule has 1 aliphatic rings. The largest absolute Gasteiger partial charge is 0.494 e. The first-order valence-corrected chi connectivity index (χ1v) is 7.27. The fourth-order valence-corrected chi connectivity index (χ4v) is 2.72. The zero-order valence-electron chi connectivity index (χ0n) is 12.4. The van der Waals surface area contributed by atoms with Crippen LogP contribution in [0.25, 0.3) is 0 Å². The van der Waals surface area contributed by atoms with Gasteiger partial charge in [0.1, 0.15) is 5.75 Å². The van der Waals surface area contributed by atoms with E-state index in [1.54, 1.807) is 0 Å². The highest BCUT2D eigenvalue weighted by Crippen LogP contribution is 2.16. The lowest BCUT2D eigenvalue weighted by Crippen LogP contribution is -2.34. The zero-order chi connectivity index (χ0) is 13.7. The van der Waals surface area contributed by atoms with Crippen molar-refractivity contribution in [3.63, 3.8) is 0 Å². The molecule has 19 heavy (non-hydrogen) atoms. The average molecular weight is 262 g/mol. The van der Waals surface area contributed by atoms with E-state index in [-0.39, 0.29) is 0 Å². The van der Waals surface area contributed by atoms with E-state index in [0.717, 1.165) is 38.4 Å². The van der Waals surface area contributed by atoms with Crippen molar-refractivity contribution in [2.24, 2.45) is 0 Å². The zero-order valence-corrected chi connectivity index (χ0v) is 12.4. The minimum absolute atomic E-state index is 0.709. The number of likely N-dealkylation sites (N-methyl/N-ethyl adjacent to an activating group) is 1. The summed E-state index contributed by atoms with van der Waals surface area (Å²) in [5.74, 6) is 1.00. The van der Waals surface area contributed by atoms with E-state index in [4.69, 9.17) is 4.74 Å². The second kappa shape index (κ2) is 6.92. The van der Waals surface area contributed by atoms with Crippen molar-refractivity contribution in [1.29, 1.82) is 0 Å². The maximum absolute atomic E-state index is 5.84. The van der Waals surface area contributed by atoms with Gasteiger partial charge in [0.2, 0.25) is 0 Å². The van der Waals surface area contributed by atoms with Crippen LogP contribution in [0.3, 0.4) is 0 Å². The maximum Gasteiger partial charge on any atom is 0.119 e. The Balaban J connectivity index is 1.68. The molecule has 0 radical (unpaired) electrons. The predicted molar refractivity (Wildman–Crippen MR) is 79.9 cm³/mol. The number of nitrogens with zero attached hydrogens (tertiary/aromatic N) is 1. The van der Waals surface area contributed by atoms with E-state index in [1.165, 1.54) is 17.5 Å². The van der Waals surface area contributed by atoms with Crippen LogP contribution in [0, 0.1) is 13.8 Å². The van der Waals surface area contributed by atoms with Gasteiger partial charge in [0, 0.05) is 19.1 Å². The van der Waals surface area contributed by atoms with Gasteiger partial charge in [0.15, 0.2) is 0 Å². The summed E-state index contributed by atoms with van der Waals surface area (Å²) in [5, 5.41) is 3.41. The first kappa shape index (κ1) is 14.4. The Labute approximate surface area is 116 Å². The number of rotatable bonds is 6. The number of ether oxygens (including phenoxy) is 1. The van der Waals surface area contributed by atoms with Crippen LogP contribution in [0.2, 0.25) is 0 Å². The summed E-state index contributed by atoms with van der Waals surface area (Å²) in [6.45, 7) is 8.43. The van der Waals surface area contributed by atoms with Crippen LogP contribution in [-0.4, -0.2) is 44.2 Å². The van der Waals surface area contributed by atoms with E-state index in [2.05, 4.69) is 49.3 Å². The molecule has 1 atom stereocenters. The lowest BCUT2D eigenvalue weighted by Gasteiger charge is -2.23. The molecule has 1 aromatic rings. The number of benzene rings is 1. The molecule has 0 saturated carbocycles. The summed E-state index contributed by atoms with van der Waals surface area (Å²) in [5.41, 5.74) is 2.54. The van der Waals surface area contributed by atoms with Crippen LogP contribution in [0.4, 0.5) is 0 Å². The Morgan fingerprint density at radius 3 is 2.63 bits per heavy atom. The molecule has 1 saturated heterocycles. The van der Waals surface area contributed by atoms with Crippen LogP contribution in [0.5, 0.6) is 5.75 Å². The first-order chi connectivity index (χ1) is 9.15. The number of aryl methyl sites for hydroxylation is 2. The van der Waals surface area contributed by atoms with Gasteiger partial charge in [0.25, 0.3) is 0 Å². The lowest BCUT2D eigenvalue weighted by molar-refractivity contribution is 0.224. The molecule has 0 aromatic heterocycles. The van der Waals surface area contributed by atoms with E-state index in [9.17, 15) is 0 Å². The topological polar surface area (TPSA) is 24.5 Å². The first-order valence-electron chi connectivity index (χ1n) is 7.27. The molecule has 0 spiro atoms. The highest BCUT2D eigenvalue weighted by Gasteiger charge is 2.18. The van der Waals surface area contributed by atoms with Gasteiger partial charge in [-0.25, -0.2) is 0 Å². The van der Waals surface area contributed by atoms with Gasteiger partial charge in [-0.3, -0.25) is 0 Å². The molecule has 3 nitrogen and oxygen atoms in total. The van der Waals surface area contributed by atoms with Crippen LogP contribution >= 0.6 is 0 Å². The molecule has 3 heteroatoms. The minimum atomic E-state index is 0.709. The number of hydrogen-bond acceptors (Lipinski definition) is 3.